The van der Waals surface area contributed by atoms with E-state index >= 15 is 0 Å². The van der Waals surface area contributed by atoms with Crippen LogP contribution in [0.3, 0.4) is 0 Å². The minimum atomic E-state index is -0.945. The van der Waals surface area contributed by atoms with Crippen molar-refractivity contribution in [3.05, 3.63) is 35.0 Å². The van der Waals surface area contributed by atoms with Gasteiger partial charge in [-0.1, -0.05) is 0 Å². The summed E-state index contributed by atoms with van der Waals surface area (Å²) in [5, 5.41) is 14.6. The Morgan fingerprint density at radius 1 is 1.59 bits per heavy atom. The maximum absolute atomic E-state index is 10.2. The lowest BCUT2D eigenvalue weighted by molar-refractivity contribution is 0.174. The van der Waals surface area contributed by atoms with E-state index in [2.05, 4.69) is 5.10 Å². The molecule has 2 aromatic heterocycles. The number of halogens is 1. The summed E-state index contributed by atoms with van der Waals surface area (Å²) in [6.07, 6.45) is 0.618. The Morgan fingerprint density at radius 2 is 2.35 bits per heavy atom. The van der Waals surface area contributed by atoms with Gasteiger partial charge in [-0.2, -0.15) is 5.10 Å². The van der Waals surface area contributed by atoms with Crippen molar-refractivity contribution < 1.29 is 14.3 Å². The van der Waals surface area contributed by atoms with Gasteiger partial charge in [-0.25, -0.2) is 0 Å². The highest BCUT2D eigenvalue weighted by Gasteiger charge is 2.23. The average Bonchev–Trinajstić information content (AvgIpc) is 2.93. The van der Waals surface area contributed by atoms with Crippen molar-refractivity contribution >= 4 is 11.6 Å². The van der Waals surface area contributed by atoms with Crippen LogP contribution >= 0.6 is 11.6 Å². The lowest BCUT2D eigenvalue weighted by atomic mass is 10.2. The first-order valence-electron chi connectivity index (χ1n) is 5.20. The number of methoxy groups -OCH3 is 1. The topological polar surface area (TPSA) is 60.4 Å². The Labute approximate surface area is 104 Å². The van der Waals surface area contributed by atoms with E-state index in [0.29, 0.717) is 23.7 Å². The second-order valence-corrected chi connectivity index (χ2v) is 3.83. The van der Waals surface area contributed by atoms with Gasteiger partial charge >= 0.3 is 0 Å². The first kappa shape index (κ1) is 12.0. The molecule has 2 heterocycles. The lowest BCUT2D eigenvalue weighted by Crippen LogP contribution is -2.09. The molecule has 0 aliphatic carbocycles. The molecule has 5 nitrogen and oxygen atoms in total. The molecule has 0 amide bonds. The van der Waals surface area contributed by atoms with Crippen molar-refractivity contribution in [2.45, 2.75) is 19.6 Å². The Kier molecular flexibility index (Phi) is 3.40. The highest BCUT2D eigenvalue weighted by atomic mass is 35.5. The van der Waals surface area contributed by atoms with Crippen molar-refractivity contribution in [3.63, 3.8) is 0 Å². The van der Waals surface area contributed by atoms with Crippen LogP contribution in [0.5, 0.6) is 5.75 Å². The maximum atomic E-state index is 10.2. The third-order valence-corrected chi connectivity index (χ3v) is 2.69. The highest BCUT2D eigenvalue weighted by molar-refractivity contribution is 6.28. The number of ether oxygens (including phenoxy) is 1. The number of nitrogens with zero attached hydrogens (tertiary/aromatic N) is 2. The first-order chi connectivity index (χ1) is 8.17. The van der Waals surface area contributed by atoms with E-state index in [9.17, 15) is 5.11 Å². The summed E-state index contributed by atoms with van der Waals surface area (Å²) in [6, 6.07) is 3.21. The summed E-state index contributed by atoms with van der Waals surface area (Å²) in [5.41, 5.74) is 0.556. The molecule has 2 aromatic rings. The van der Waals surface area contributed by atoms with Gasteiger partial charge in [0.15, 0.2) is 17.1 Å². The molecule has 0 bridgehead atoms. The Bertz CT molecular complexity index is 485. The van der Waals surface area contributed by atoms with E-state index in [1.807, 2.05) is 6.92 Å². The van der Waals surface area contributed by atoms with Crippen LogP contribution in [0.15, 0.2) is 22.7 Å². The Hall–Kier alpha value is -1.46. The fourth-order valence-corrected chi connectivity index (χ4v) is 1.82. The summed E-state index contributed by atoms with van der Waals surface area (Å²) in [7, 11) is 1.53. The van der Waals surface area contributed by atoms with Crippen molar-refractivity contribution in [2.75, 3.05) is 7.11 Å². The van der Waals surface area contributed by atoms with Gasteiger partial charge in [0, 0.05) is 6.54 Å². The van der Waals surface area contributed by atoms with Crippen molar-refractivity contribution in [1.82, 2.24) is 9.78 Å². The van der Waals surface area contributed by atoms with Crippen molar-refractivity contribution in [2.24, 2.45) is 0 Å². The third kappa shape index (κ3) is 2.16. The van der Waals surface area contributed by atoms with Crippen LogP contribution in [-0.4, -0.2) is 22.0 Å². The standard InChI is InChI=1S/C11H13ClN2O3/c1-3-14-10(8(16-2)6-13-14)11(15)7-4-5-9(12)17-7/h4-6,11,15H,3H2,1-2H3. The number of hydrogen-bond acceptors (Lipinski definition) is 4. The summed E-state index contributed by atoms with van der Waals surface area (Å²) in [5.74, 6) is 0.885. The SMILES string of the molecule is CCn1ncc(OC)c1C(O)c1ccc(Cl)o1. The van der Waals surface area contributed by atoms with Gasteiger partial charge in [-0.15, -0.1) is 0 Å². The fraction of sp³-hybridized carbons (Fsp3) is 0.364. The molecule has 6 heteroatoms. The lowest BCUT2D eigenvalue weighted by Gasteiger charge is -2.11. The Balaban J connectivity index is 2.41. The zero-order valence-corrected chi connectivity index (χ0v) is 10.3. The summed E-state index contributed by atoms with van der Waals surface area (Å²) in [4.78, 5) is 0. The molecule has 0 fully saturated rings. The van der Waals surface area contributed by atoms with Gasteiger partial charge in [0.1, 0.15) is 11.5 Å². The van der Waals surface area contributed by atoms with E-state index in [1.165, 1.54) is 7.11 Å². The van der Waals surface area contributed by atoms with Crippen LogP contribution in [0.1, 0.15) is 24.5 Å². The number of aliphatic hydroxyl groups is 1. The van der Waals surface area contributed by atoms with E-state index < -0.39 is 6.10 Å². The molecule has 1 atom stereocenters. The van der Waals surface area contributed by atoms with Crippen LogP contribution < -0.4 is 4.74 Å². The molecular weight excluding hydrogens is 244 g/mol. The Morgan fingerprint density at radius 3 is 2.88 bits per heavy atom. The number of furan rings is 1. The minimum absolute atomic E-state index is 0.237. The second-order valence-electron chi connectivity index (χ2n) is 3.46. The predicted molar refractivity (Wildman–Crippen MR) is 62.2 cm³/mol. The number of aryl methyl sites for hydroxylation is 1. The van der Waals surface area contributed by atoms with Crippen LogP contribution in [0.4, 0.5) is 0 Å². The molecule has 0 aliphatic rings. The van der Waals surface area contributed by atoms with Crippen molar-refractivity contribution in [1.29, 1.82) is 0 Å². The van der Waals surface area contributed by atoms with Gasteiger partial charge < -0.3 is 14.3 Å². The van der Waals surface area contributed by atoms with Crippen LogP contribution in [-0.2, 0) is 6.54 Å². The van der Waals surface area contributed by atoms with E-state index in [1.54, 1.807) is 23.0 Å². The van der Waals surface area contributed by atoms with Gasteiger partial charge in [0.05, 0.1) is 13.3 Å². The molecule has 0 aliphatic heterocycles. The predicted octanol–water partition coefficient (Wildman–Crippen LogP) is 2.24. The number of aromatic nitrogens is 2. The van der Waals surface area contributed by atoms with Crippen molar-refractivity contribution in [3.8, 4) is 5.75 Å². The van der Waals surface area contributed by atoms with Crippen LogP contribution in [0, 0.1) is 0 Å². The van der Waals surface area contributed by atoms with Crippen LogP contribution in [0.2, 0.25) is 5.22 Å². The zero-order valence-electron chi connectivity index (χ0n) is 9.55. The van der Waals surface area contributed by atoms with Crippen LogP contribution in [0.25, 0.3) is 0 Å². The third-order valence-electron chi connectivity index (χ3n) is 2.49. The molecule has 0 saturated heterocycles. The smallest absolute Gasteiger partial charge is 0.193 e. The largest absolute Gasteiger partial charge is 0.493 e. The van der Waals surface area contributed by atoms with Gasteiger partial charge in [0.25, 0.3) is 0 Å². The van der Waals surface area contributed by atoms with E-state index in [4.69, 9.17) is 20.8 Å². The molecular formula is C11H13ClN2O3. The minimum Gasteiger partial charge on any atom is -0.493 e. The normalized spacial score (nSPS) is 12.7. The van der Waals surface area contributed by atoms with E-state index in [0.717, 1.165) is 0 Å². The maximum Gasteiger partial charge on any atom is 0.193 e. The summed E-state index contributed by atoms with van der Waals surface area (Å²) < 4.78 is 12.0. The molecule has 1 N–H and O–H groups in total. The number of aliphatic hydroxyl groups excluding tert-OH is 1. The fourth-order valence-electron chi connectivity index (χ4n) is 1.67. The molecule has 0 radical (unpaired) electrons. The number of hydrogen-bond donors (Lipinski definition) is 1. The van der Waals surface area contributed by atoms with Gasteiger partial charge in [0.2, 0.25) is 0 Å². The zero-order chi connectivity index (χ0) is 12.4. The molecule has 2 rings (SSSR count). The monoisotopic (exact) mass is 256 g/mol. The molecule has 17 heavy (non-hydrogen) atoms. The van der Waals surface area contributed by atoms with Gasteiger partial charge in [-0.3, -0.25) is 4.68 Å². The second kappa shape index (κ2) is 4.81. The molecule has 0 spiro atoms. The number of rotatable bonds is 4. The molecule has 92 valence electrons. The molecule has 0 aromatic carbocycles. The molecule has 1 unspecified atom stereocenters. The van der Waals surface area contributed by atoms with Gasteiger partial charge in [-0.05, 0) is 30.7 Å². The first-order valence-corrected chi connectivity index (χ1v) is 5.58. The molecule has 0 saturated carbocycles. The summed E-state index contributed by atoms with van der Waals surface area (Å²) in [6.45, 7) is 2.56. The average molecular weight is 257 g/mol. The van der Waals surface area contributed by atoms with E-state index in [-0.39, 0.29) is 5.22 Å². The quantitative estimate of drug-likeness (QED) is 0.911. The highest BCUT2D eigenvalue weighted by Crippen LogP contribution is 2.31. The summed E-state index contributed by atoms with van der Waals surface area (Å²) >= 11 is 5.68.